The van der Waals surface area contributed by atoms with Crippen molar-refractivity contribution < 1.29 is 0 Å². The van der Waals surface area contributed by atoms with Crippen LogP contribution in [0.3, 0.4) is 0 Å². The minimum Gasteiger partial charge on any atom is -0.271 e. The third-order valence-electron chi connectivity index (χ3n) is 5.19. The summed E-state index contributed by atoms with van der Waals surface area (Å²) in [6, 6.07) is 0.501. The van der Waals surface area contributed by atoms with E-state index in [4.69, 9.17) is 5.84 Å². The van der Waals surface area contributed by atoms with Gasteiger partial charge in [-0.1, -0.05) is 0 Å². The molecule has 0 aliphatic heterocycles. The summed E-state index contributed by atoms with van der Waals surface area (Å²) in [5.41, 5.74) is 3.62. The van der Waals surface area contributed by atoms with Crippen LogP contribution in [0.2, 0.25) is 0 Å². The van der Waals surface area contributed by atoms with Crippen molar-refractivity contribution >= 4 is 12.4 Å². The fraction of sp³-hybridized carbons (Fsp3) is 1.00. The van der Waals surface area contributed by atoms with E-state index in [0.29, 0.717) is 11.5 Å². The Bertz CT molecular complexity index is 219. The molecular weight excluding hydrogens is 220 g/mol. The number of hydrogen-bond donors (Lipinski definition) is 2. The van der Waals surface area contributed by atoms with Crippen LogP contribution < -0.4 is 11.3 Å². The van der Waals surface area contributed by atoms with Gasteiger partial charge in [0.05, 0.1) is 0 Å². The predicted molar refractivity (Wildman–Crippen MR) is 69.3 cm³/mol. The first-order valence-corrected chi connectivity index (χ1v) is 6.65. The number of halogens is 1. The van der Waals surface area contributed by atoms with Gasteiger partial charge in [-0.2, -0.15) is 0 Å². The normalized spacial score (nSPS) is 46.5. The maximum absolute atomic E-state index is 5.55. The highest BCUT2D eigenvalue weighted by atomic mass is 35.5. The van der Waals surface area contributed by atoms with Crippen molar-refractivity contribution in [3.63, 3.8) is 0 Å². The van der Waals surface area contributed by atoms with Crippen LogP contribution in [0.25, 0.3) is 0 Å². The Morgan fingerprint density at radius 3 is 1.94 bits per heavy atom. The molecule has 0 spiro atoms. The Balaban J connectivity index is 0.000000963. The van der Waals surface area contributed by atoms with E-state index >= 15 is 0 Å². The zero-order valence-corrected chi connectivity index (χ0v) is 11.1. The van der Waals surface area contributed by atoms with Crippen molar-refractivity contribution in [3.8, 4) is 0 Å². The standard InChI is InChI=1S/C13H24N2.ClH/c1-9(15-14)5-13-6-10-2-11(7-13)4-12(3-10)8-13;/h9-12,15H,2-8,14H2,1H3;1H. The molecule has 4 bridgehead atoms. The highest BCUT2D eigenvalue weighted by Gasteiger charge is 2.50. The molecule has 4 rings (SSSR count). The molecule has 4 aliphatic carbocycles. The summed E-state index contributed by atoms with van der Waals surface area (Å²) >= 11 is 0. The molecular formula is C13H25ClN2. The van der Waals surface area contributed by atoms with Crippen molar-refractivity contribution in [3.05, 3.63) is 0 Å². The van der Waals surface area contributed by atoms with Gasteiger partial charge in [0.25, 0.3) is 0 Å². The fourth-order valence-electron chi connectivity index (χ4n) is 5.25. The van der Waals surface area contributed by atoms with Gasteiger partial charge < -0.3 is 0 Å². The SMILES string of the molecule is CC(CC12CC3CC(CC(C3)C1)C2)NN.Cl. The zero-order valence-electron chi connectivity index (χ0n) is 10.2. The molecule has 4 fully saturated rings. The first-order valence-electron chi connectivity index (χ1n) is 6.65. The van der Waals surface area contributed by atoms with Gasteiger partial charge in [0, 0.05) is 6.04 Å². The first kappa shape index (κ1) is 12.7. The summed E-state index contributed by atoms with van der Waals surface area (Å²) < 4.78 is 0. The number of rotatable bonds is 3. The minimum atomic E-state index is 0. The number of nitrogens with two attached hydrogens (primary N) is 1. The van der Waals surface area contributed by atoms with Gasteiger partial charge >= 0.3 is 0 Å². The lowest BCUT2D eigenvalue weighted by atomic mass is 9.48. The quantitative estimate of drug-likeness (QED) is 0.592. The van der Waals surface area contributed by atoms with E-state index in [0.717, 1.165) is 17.8 Å². The summed E-state index contributed by atoms with van der Waals surface area (Å²) in [5, 5.41) is 0. The summed E-state index contributed by atoms with van der Waals surface area (Å²) in [7, 11) is 0. The molecule has 16 heavy (non-hydrogen) atoms. The van der Waals surface area contributed by atoms with E-state index in [2.05, 4.69) is 12.3 Å². The summed E-state index contributed by atoms with van der Waals surface area (Å²) in [4.78, 5) is 0. The van der Waals surface area contributed by atoms with Crippen LogP contribution in [-0.2, 0) is 0 Å². The number of nitrogens with one attached hydrogen (secondary N) is 1. The molecule has 2 nitrogen and oxygen atoms in total. The van der Waals surface area contributed by atoms with Crippen LogP contribution in [0.1, 0.15) is 51.9 Å². The second-order valence-corrected chi connectivity index (χ2v) is 6.69. The third kappa shape index (κ3) is 2.12. The highest BCUT2D eigenvalue weighted by Crippen LogP contribution is 2.61. The summed E-state index contributed by atoms with van der Waals surface area (Å²) in [6.07, 6.45) is 10.5. The Morgan fingerprint density at radius 1 is 1.12 bits per heavy atom. The van der Waals surface area contributed by atoms with Gasteiger partial charge in [-0.15, -0.1) is 12.4 Å². The smallest absolute Gasteiger partial charge is 0.0187 e. The van der Waals surface area contributed by atoms with Crippen LogP contribution in [-0.4, -0.2) is 6.04 Å². The minimum absolute atomic E-state index is 0. The molecule has 4 saturated carbocycles. The summed E-state index contributed by atoms with van der Waals surface area (Å²) in [5.74, 6) is 8.76. The van der Waals surface area contributed by atoms with E-state index in [1.54, 1.807) is 19.3 Å². The van der Waals surface area contributed by atoms with Crippen molar-refractivity contribution in [2.45, 2.75) is 57.9 Å². The first-order chi connectivity index (χ1) is 7.19. The fourth-order valence-corrected chi connectivity index (χ4v) is 5.25. The molecule has 0 heterocycles. The van der Waals surface area contributed by atoms with Gasteiger partial charge in [-0.05, 0) is 75.0 Å². The van der Waals surface area contributed by atoms with Crippen LogP contribution in [0.4, 0.5) is 0 Å². The Hall–Kier alpha value is 0.210. The molecule has 0 aromatic carbocycles. The van der Waals surface area contributed by atoms with E-state index in [1.807, 2.05) is 0 Å². The maximum atomic E-state index is 5.55. The van der Waals surface area contributed by atoms with E-state index in [1.165, 1.54) is 25.7 Å². The number of hydrazine groups is 1. The summed E-state index contributed by atoms with van der Waals surface area (Å²) in [6.45, 7) is 2.23. The maximum Gasteiger partial charge on any atom is 0.0187 e. The van der Waals surface area contributed by atoms with E-state index in [9.17, 15) is 0 Å². The second-order valence-electron chi connectivity index (χ2n) is 6.69. The van der Waals surface area contributed by atoms with Crippen molar-refractivity contribution in [2.75, 3.05) is 0 Å². The van der Waals surface area contributed by atoms with Crippen molar-refractivity contribution in [1.82, 2.24) is 5.43 Å². The third-order valence-corrected chi connectivity index (χ3v) is 5.19. The van der Waals surface area contributed by atoms with Gasteiger partial charge in [0.1, 0.15) is 0 Å². The van der Waals surface area contributed by atoms with Crippen molar-refractivity contribution in [2.24, 2.45) is 29.0 Å². The molecule has 0 amide bonds. The largest absolute Gasteiger partial charge is 0.271 e. The van der Waals surface area contributed by atoms with E-state index in [-0.39, 0.29) is 12.4 Å². The number of hydrogen-bond acceptors (Lipinski definition) is 2. The van der Waals surface area contributed by atoms with Gasteiger partial charge in [-0.25, -0.2) is 0 Å². The molecule has 0 aromatic rings. The van der Waals surface area contributed by atoms with Gasteiger partial charge in [0.15, 0.2) is 0 Å². The molecule has 3 N–H and O–H groups in total. The zero-order chi connectivity index (χ0) is 10.5. The highest BCUT2D eigenvalue weighted by molar-refractivity contribution is 5.85. The van der Waals surface area contributed by atoms with Crippen LogP contribution in [0.5, 0.6) is 0 Å². The van der Waals surface area contributed by atoms with Crippen LogP contribution in [0.15, 0.2) is 0 Å². The Labute approximate surface area is 105 Å². The lowest BCUT2D eigenvalue weighted by Gasteiger charge is -2.57. The average Bonchev–Trinajstić information content (AvgIpc) is 2.14. The van der Waals surface area contributed by atoms with E-state index < -0.39 is 0 Å². The van der Waals surface area contributed by atoms with Gasteiger partial charge in [0.2, 0.25) is 0 Å². The molecule has 1 unspecified atom stereocenters. The Kier molecular flexibility index (Phi) is 3.54. The molecule has 0 saturated heterocycles. The average molecular weight is 245 g/mol. The predicted octanol–water partition coefficient (Wildman–Crippen LogP) is 2.87. The second kappa shape index (κ2) is 4.47. The van der Waals surface area contributed by atoms with Crippen LogP contribution >= 0.6 is 12.4 Å². The molecule has 94 valence electrons. The topological polar surface area (TPSA) is 38.0 Å². The molecule has 4 aliphatic rings. The monoisotopic (exact) mass is 244 g/mol. The Morgan fingerprint density at radius 2 is 1.56 bits per heavy atom. The lowest BCUT2D eigenvalue weighted by Crippen LogP contribution is -2.49. The lowest BCUT2D eigenvalue weighted by molar-refractivity contribution is -0.0611. The molecule has 0 radical (unpaired) electrons. The molecule has 0 aromatic heterocycles. The van der Waals surface area contributed by atoms with Crippen LogP contribution in [0, 0.1) is 23.2 Å². The van der Waals surface area contributed by atoms with Gasteiger partial charge in [-0.3, -0.25) is 11.3 Å². The molecule has 3 heteroatoms. The molecule has 1 atom stereocenters. The van der Waals surface area contributed by atoms with Crippen molar-refractivity contribution in [1.29, 1.82) is 0 Å².